The SMILES string of the molecule is O=C([O-])c1ccccc1-c1ccc(/C=C/c2cc(C(F)(F)F)[nH]c(=O)n2)o1. The summed E-state index contributed by atoms with van der Waals surface area (Å²) in [5.74, 6) is -0.899. The summed E-state index contributed by atoms with van der Waals surface area (Å²) in [4.78, 5) is 27.5. The van der Waals surface area contributed by atoms with E-state index in [9.17, 15) is 27.9 Å². The summed E-state index contributed by atoms with van der Waals surface area (Å²) in [7, 11) is 0. The molecule has 0 unspecified atom stereocenters. The van der Waals surface area contributed by atoms with Crippen molar-refractivity contribution in [1.82, 2.24) is 9.97 Å². The second-order valence-electron chi connectivity index (χ2n) is 5.39. The Hall–Kier alpha value is -3.62. The lowest BCUT2D eigenvalue weighted by Gasteiger charge is -2.07. The van der Waals surface area contributed by atoms with E-state index in [0.29, 0.717) is 11.6 Å². The van der Waals surface area contributed by atoms with Crippen LogP contribution < -0.4 is 10.8 Å². The van der Waals surface area contributed by atoms with E-state index in [1.54, 1.807) is 11.1 Å². The third kappa shape index (κ3) is 4.14. The second-order valence-corrected chi connectivity index (χ2v) is 5.39. The summed E-state index contributed by atoms with van der Waals surface area (Å²) >= 11 is 0. The number of hydrogen-bond donors (Lipinski definition) is 1. The van der Waals surface area contributed by atoms with Crippen LogP contribution >= 0.6 is 0 Å². The molecular formula is C18H10F3N2O4-. The summed E-state index contributed by atoms with van der Waals surface area (Å²) in [5, 5.41) is 11.2. The van der Waals surface area contributed by atoms with Crippen LogP contribution in [0, 0.1) is 0 Å². The van der Waals surface area contributed by atoms with E-state index in [1.807, 2.05) is 0 Å². The van der Waals surface area contributed by atoms with Gasteiger partial charge in [0, 0.05) is 11.1 Å². The lowest BCUT2D eigenvalue weighted by molar-refractivity contribution is -0.254. The van der Waals surface area contributed by atoms with Crippen molar-refractivity contribution in [1.29, 1.82) is 0 Å². The molecule has 0 amide bonds. The predicted octanol–water partition coefficient (Wildman–Crippen LogP) is 2.58. The number of carbonyl (C=O) groups excluding carboxylic acids is 1. The number of aromatic carboxylic acids is 1. The number of carboxylic acids is 1. The van der Waals surface area contributed by atoms with Crippen LogP contribution in [0.25, 0.3) is 23.5 Å². The molecule has 0 bridgehead atoms. The quantitative estimate of drug-likeness (QED) is 0.756. The highest BCUT2D eigenvalue weighted by Crippen LogP contribution is 2.28. The molecule has 27 heavy (non-hydrogen) atoms. The Morgan fingerprint density at radius 3 is 2.59 bits per heavy atom. The predicted molar refractivity (Wildman–Crippen MR) is 87.3 cm³/mol. The minimum absolute atomic E-state index is 0.0616. The molecule has 0 aliphatic heterocycles. The first kappa shape index (κ1) is 18.2. The van der Waals surface area contributed by atoms with E-state index >= 15 is 0 Å². The molecule has 0 spiro atoms. The normalized spacial score (nSPS) is 11.8. The van der Waals surface area contributed by atoms with Gasteiger partial charge in [0.05, 0.1) is 11.7 Å². The van der Waals surface area contributed by atoms with Gasteiger partial charge in [-0.25, -0.2) is 4.79 Å². The van der Waals surface area contributed by atoms with Crippen molar-refractivity contribution < 1.29 is 27.5 Å². The van der Waals surface area contributed by atoms with Crippen LogP contribution in [0.5, 0.6) is 0 Å². The van der Waals surface area contributed by atoms with Gasteiger partial charge in [-0.3, -0.25) is 0 Å². The third-order valence-corrected chi connectivity index (χ3v) is 3.53. The fraction of sp³-hybridized carbons (Fsp3) is 0.0556. The Bertz CT molecular complexity index is 1080. The van der Waals surface area contributed by atoms with Gasteiger partial charge in [0.1, 0.15) is 17.2 Å². The maximum Gasteiger partial charge on any atom is 0.431 e. The number of carbonyl (C=O) groups is 1. The topological polar surface area (TPSA) is 99.0 Å². The van der Waals surface area contributed by atoms with Gasteiger partial charge in [-0.05, 0) is 30.4 Å². The van der Waals surface area contributed by atoms with Crippen LogP contribution in [0.2, 0.25) is 0 Å². The maximum absolute atomic E-state index is 12.7. The Balaban J connectivity index is 1.90. The number of hydrogen-bond acceptors (Lipinski definition) is 5. The summed E-state index contributed by atoms with van der Waals surface area (Å²) in [6.45, 7) is 0. The van der Waals surface area contributed by atoms with Gasteiger partial charge >= 0.3 is 11.9 Å². The average Bonchev–Trinajstić information content (AvgIpc) is 3.07. The number of nitrogens with one attached hydrogen (secondary N) is 1. The minimum atomic E-state index is -4.71. The van der Waals surface area contributed by atoms with Crippen molar-refractivity contribution in [3.05, 3.63) is 75.7 Å². The lowest BCUT2D eigenvalue weighted by Crippen LogP contribution is -2.22. The number of aromatic amines is 1. The van der Waals surface area contributed by atoms with Gasteiger partial charge in [0.25, 0.3) is 0 Å². The number of benzene rings is 1. The molecule has 3 rings (SSSR count). The van der Waals surface area contributed by atoms with E-state index in [0.717, 1.165) is 0 Å². The van der Waals surface area contributed by atoms with Crippen molar-refractivity contribution in [2.24, 2.45) is 0 Å². The molecule has 0 aliphatic rings. The van der Waals surface area contributed by atoms with E-state index in [-0.39, 0.29) is 22.8 Å². The number of halogens is 3. The second kappa shape index (κ2) is 6.94. The number of nitrogens with zero attached hydrogens (tertiary/aromatic N) is 1. The van der Waals surface area contributed by atoms with Gasteiger partial charge in [0.2, 0.25) is 0 Å². The molecule has 0 aliphatic carbocycles. The number of H-pyrrole nitrogens is 1. The molecular weight excluding hydrogens is 365 g/mol. The van der Waals surface area contributed by atoms with Crippen molar-refractivity contribution in [2.45, 2.75) is 6.18 Å². The molecule has 0 saturated carbocycles. The lowest BCUT2D eigenvalue weighted by atomic mass is 10.1. The molecule has 2 heterocycles. The fourth-order valence-electron chi connectivity index (χ4n) is 2.35. The number of rotatable bonds is 4. The van der Waals surface area contributed by atoms with Gasteiger partial charge in [-0.15, -0.1) is 0 Å². The van der Waals surface area contributed by atoms with Crippen molar-refractivity contribution in [3.8, 4) is 11.3 Å². The highest BCUT2D eigenvalue weighted by molar-refractivity contribution is 5.93. The van der Waals surface area contributed by atoms with Crippen molar-refractivity contribution in [3.63, 3.8) is 0 Å². The van der Waals surface area contributed by atoms with E-state index in [1.165, 1.54) is 42.5 Å². The van der Waals surface area contributed by atoms with E-state index in [2.05, 4.69) is 4.98 Å². The Labute approximate surface area is 149 Å². The summed E-state index contributed by atoms with van der Waals surface area (Å²) in [5.41, 5.74) is -2.32. The number of alkyl halides is 3. The molecule has 9 heteroatoms. The van der Waals surface area contributed by atoms with Crippen LogP contribution in [0.4, 0.5) is 13.2 Å². The van der Waals surface area contributed by atoms with E-state index in [4.69, 9.17) is 4.42 Å². The number of furan rings is 1. The van der Waals surface area contributed by atoms with Crippen molar-refractivity contribution >= 4 is 18.1 Å². The fourth-order valence-corrected chi connectivity index (χ4v) is 2.35. The molecule has 1 N–H and O–H groups in total. The first-order valence-electron chi connectivity index (χ1n) is 7.51. The maximum atomic E-state index is 12.7. The Morgan fingerprint density at radius 1 is 1.15 bits per heavy atom. The van der Waals surface area contributed by atoms with Crippen LogP contribution in [-0.4, -0.2) is 15.9 Å². The highest BCUT2D eigenvalue weighted by atomic mass is 19.4. The van der Waals surface area contributed by atoms with Gasteiger partial charge in [-0.1, -0.05) is 24.3 Å². The van der Waals surface area contributed by atoms with Crippen molar-refractivity contribution in [2.75, 3.05) is 0 Å². The summed E-state index contributed by atoms with van der Waals surface area (Å²) in [6, 6.07) is 9.75. The molecule has 0 atom stereocenters. The molecule has 0 fully saturated rings. The van der Waals surface area contributed by atoms with Gasteiger partial charge in [0.15, 0.2) is 0 Å². The summed E-state index contributed by atoms with van der Waals surface area (Å²) in [6.07, 6.45) is -2.22. The van der Waals surface area contributed by atoms with Crippen LogP contribution in [-0.2, 0) is 6.18 Å². The van der Waals surface area contributed by atoms with Gasteiger partial charge in [-0.2, -0.15) is 18.2 Å². The zero-order valence-electron chi connectivity index (χ0n) is 13.4. The minimum Gasteiger partial charge on any atom is -0.545 e. The third-order valence-electron chi connectivity index (χ3n) is 3.53. The number of aromatic nitrogens is 2. The van der Waals surface area contributed by atoms with Crippen LogP contribution in [0.3, 0.4) is 0 Å². The molecule has 0 radical (unpaired) electrons. The van der Waals surface area contributed by atoms with Crippen LogP contribution in [0.15, 0.2) is 51.7 Å². The average molecular weight is 375 g/mol. The highest BCUT2D eigenvalue weighted by Gasteiger charge is 2.32. The largest absolute Gasteiger partial charge is 0.545 e. The molecule has 1 aromatic carbocycles. The first-order valence-corrected chi connectivity index (χ1v) is 7.51. The summed E-state index contributed by atoms with van der Waals surface area (Å²) < 4.78 is 43.6. The standard InChI is InChI=1S/C18H11F3N2O4/c19-18(20,21)15-9-10(22-17(26)23-15)5-6-11-7-8-14(27-11)12-3-1-2-4-13(12)16(24)25/h1-9H,(H,24,25)(H,22,23,26)/p-1/b6-5+. The molecule has 6 nitrogen and oxygen atoms in total. The number of carboxylic acid groups (broad SMARTS) is 1. The van der Waals surface area contributed by atoms with Gasteiger partial charge < -0.3 is 19.3 Å². The molecule has 0 saturated heterocycles. The molecule has 138 valence electrons. The molecule has 3 aromatic rings. The Kier molecular flexibility index (Phi) is 4.68. The van der Waals surface area contributed by atoms with E-state index < -0.39 is 23.5 Å². The monoisotopic (exact) mass is 375 g/mol. The van der Waals surface area contributed by atoms with Crippen LogP contribution in [0.1, 0.15) is 27.5 Å². The first-order chi connectivity index (χ1) is 12.7. The molecule has 2 aromatic heterocycles. The smallest absolute Gasteiger partial charge is 0.431 e. The zero-order valence-corrected chi connectivity index (χ0v) is 13.4. The Morgan fingerprint density at radius 2 is 1.89 bits per heavy atom. The zero-order chi connectivity index (χ0) is 19.6.